The molecule has 19 heavy (non-hydrogen) atoms. The van der Waals surface area contributed by atoms with Gasteiger partial charge in [0.2, 0.25) is 11.8 Å². The van der Waals surface area contributed by atoms with Crippen molar-refractivity contribution in [1.29, 1.82) is 0 Å². The van der Waals surface area contributed by atoms with Gasteiger partial charge in [-0.05, 0) is 6.07 Å². The van der Waals surface area contributed by atoms with E-state index in [0.29, 0.717) is 0 Å². The molecule has 0 saturated heterocycles. The number of aromatic nitrogens is 2. The molecule has 98 valence electrons. The fraction of sp³-hybridized carbons (Fsp3) is 0.0833. The van der Waals surface area contributed by atoms with Gasteiger partial charge in [0, 0.05) is 17.7 Å². The quantitative estimate of drug-likeness (QED) is 0.857. The first-order chi connectivity index (χ1) is 9.06. The van der Waals surface area contributed by atoms with Crippen molar-refractivity contribution < 1.29 is 23.1 Å². The summed E-state index contributed by atoms with van der Waals surface area (Å²) in [6, 6.07) is 3.78. The van der Waals surface area contributed by atoms with E-state index in [2.05, 4.69) is 10.2 Å². The van der Waals surface area contributed by atoms with Crippen LogP contribution in [0.25, 0.3) is 6.08 Å². The molecule has 2 rings (SSSR count). The lowest BCUT2D eigenvalue weighted by molar-refractivity contribution is -0.131. The Labute approximate surface area is 106 Å². The number of hydrogen-bond acceptors (Lipinski definition) is 4. The van der Waals surface area contributed by atoms with Gasteiger partial charge in [-0.1, -0.05) is 12.1 Å². The zero-order chi connectivity index (χ0) is 13.8. The van der Waals surface area contributed by atoms with Gasteiger partial charge in [0.15, 0.2) is 11.6 Å². The van der Waals surface area contributed by atoms with Crippen molar-refractivity contribution in [2.45, 2.75) is 6.42 Å². The average molecular weight is 266 g/mol. The molecule has 1 N–H and O–H groups in total. The Hall–Kier alpha value is -2.57. The van der Waals surface area contributed by atoms with E-state index < -0.39 is 17.6 Å². The summed E-state index contributed by atoms with van der Waals surface area (Å²) in [6.07, 6.45) is 1.87. The van der Waals surface area contributed by atoms with Crippen molar-refractivity contribution in [3.8, 4) is 0 Å². The number of aliphatic carboxylic acids is 1. The number of carbonyl (C=O) groups is 1. The predicted octanol–water partition coefficient (Wildman–Crippen LogP) is 2.04. The Balaban J connectivity index is 2.16. The molecule has 0 aliphatic rings. The zero-order valence-corrected chi connectivity index (χ0v) is 9.51. The smallest absolute Gasteiger partial charge is 0.328 e. The van der Waals surface area contributed by atoms with Crippen molar-refractivity contribution in [1.82, 2.24) is 10.2 Å². The maximum Gasteiger partial charge on any atom is 0.328 e. The molecule has 1 heterocycles. The third-order valence-electron chi connectivity index (χ3n) is 2.22. The average Bonchev–Trinajstić information content (AvgIpc) is 2.80. The normalized spacial score (nSPS) is 11.1. The molecule has 0 bridgehead atoms. The fourth-order valence-electron chi connectivity index (χ4n) is 1.40. The summed E-state index contributed by atoms with van der Waals surface area (Å²) < 4.78 is 31.4. The number of benzene rings is 1. The summed E-state index contributed by atoms with van der Waals surface area (Å²) >= 11 is 0. The van der Waals surface area contributed by atoms with Gasteiger partial charge in [-0.2, -0.15) is 0 Å². The largest absolute Gasteiger partial charge is 0.478 e. The van der Waals surface area contributed by atoms with Gasteiger partial charge in [-0.3, -0.25) is 0 Å². The van der Waals surface area contributed by atoms with E-state index in [-0.39, 0.29) is 23.8 Å². The van der Waals surface area contributed by atoms with E-state index in [0.717, 1.165) is 18.2 Å². The highest BCUT2D eigenvalue weighted by Gasteiger charge is 2.11. The summed E-state index contributed by atoms with van der Waals surface area (Å²) in [5, 5.41) is 15.6. The third kappa shape index (κ3) is 3.21. The van der Waals surface area contributed by atoms with Crippen LogP contribution in [-0.4, -0.2) is 21.3 Å². The minimum atomic E-state index is -1.16. The van der Waals surface area contributed by atoms with E-state index in [1.54, 1.807) is 0 Å². The van der Waals surface area contributed by atoms with Crippen LogP contribution in [0, 0.1) is 11.6 Å². The van der Waals surface area contributed by atoms with Crippen LogP contribution in [0.1, 0.15) is 17.3 Å². The molecular formula is C12H8F2N2O3. The Bertz CT molecular complexity index is 638. The summed E-state index contributed by atoms with van der Waals surface area (Å²) in [6.45, 7) is 0. The van der Waals surface area contributed by atoms with Crippen LogP contribution < -0.4 is 0 Å². The van der Waals surface area contributed by atoms with Gasteiger partial charge < -0.3 is 9.52 Å². The molecule has 0 fully saturated rings. The minimum absolute atomic E-state index is 0.0192. The second-order valence-corrected chi connectivity index (χ2v) is 3.60. The Kier molecular flexibility index (Phi) is 3.65. The molecule has 0 unspecified atom stereocenters. The first kappa shape index (κ1) is 12.9. The molecule has 1 aromatic carbocycles. The molecule has 0 aliphatic carbocycles. The molecule has 2 aromatic rings. The van der Waals surface area contributed by atoms with Crippen LogP contribution in [0.3, 0.4) is 0 Å². The first-order valence-corrected chi connectivity index (χ1v) is 5.22. The first-order valence-electron chi connectivity index (χ1n) is 5.22. The van der Waals surface area contributed by atoms with Gasteiger partial charge in [-0.25, -0.2) is 13.6 Å². The van der Waals surface area contributed by atoms with E-state index >= 15 is 0 Å². The lowest BCUT2D eigenvalue weighted by Crippen LogP contribution is -1.95. The van der Waals surface area contributed by atoms with Crippen molar-refractivity contribution in [3.05, 3.63) is 53.3 Å². The topological polar surface area (TPSA) is 76.2 Å². The molecular weight excluding hydrogens is 258 g/mol. The Morgan fingerprint density at radius 3 is 2.89 bits per heavy atom. The summed E-state index contributed by atoms with van der Waals surface area (Å²) in [5.41, 5.74) is 0.0809. The lowest BCUT2D eigenvalue weighted by Gasteiger charge is -1.99. The van der Waals surface area contributed by atoms with Crippen molar-refractivity contribution in [2.24, 2.45) is 0 Å². The number of carboxylic acid groups (broad SMARTS) is 1. The second kappa shape index (κ2) is 5.38. The molecule has 5 nitrogen and oxygen atoms in total. The van der Waals surface area contributed by atoms with Crippen molar-refractivity contribution in [3.63, 3.8) is 0 Å². The SMILES string of the molecule is O=C(O)/C=C/c1nnc(Cc2cccc(F)c2F)o1. The Morgan fingerprint density at radius 1 is 1.37 bits per heavy atom. The standard InChI is InChI=1S/C12H8F2N2O3/c13-8-3-1-2-7(12(8)14)6-10-16-15-9(19-10)4-5-11(17)18/h1-5H,6H2,(H,17,18)/b5-4+. The number of halogens is 2. The van der Waals surface area contributed by atoms with Crippen LogP contribution in [0.4, 0.5) is 8.78 Å². The predicted molar refractivity (Wildman–Crippen MR) is 60.1 cm³/mol. The van der Waals surface area contributed by atoms with Crippen LogP contribution in [0.15, 0.2) is 28.7 Å². The molecule has 0 amide bonds. The summed E-state index contributed by atoms with van der Waals surface area (Å²) in [4.78, 5) is 10.3. The monoisotopic (exact) mass is 266 g/mol. The number of carboxylic acids is 1. The fourth-order valence-corrected chi connectivity index (χ4v) is 1.40. The van der Waals surface area contributed by atoms with Crippen LogP contribution in [0.5, 0.6) is 0 Å². The highest BCUT2D eigenvalue weighted by atomic mass is 19.2. The summed E-state index contributed by atoms with van der Waals surface area (Å²) in [7, 11) is 0. The number of rotatable bonds is 4. The van der Waals surface area contributed by atoms with E-state index in [1.807, 2.05) is 0 Å². The molecule has 7 heteroatoms. The molecule has 0 aliphatic heterocycles. The number of hydrogen-bond donors (Lipinski definition) is 1. The minimum Gasteiger partial charge on any atom is -0.478 e. The molecule has 1 aromatic heterocycles. The molecule has 0 atom stereocenters. The van der Waals surface area contributed by atoms with E-state index in [9.17, 15) is 13.6 Å². The van der Waals surface area contributed by atoms with E-state index in [1.165, 1.54) is 12.1 Å². The molecule has 0 radical (unpaired) electrons. The summed E-state index contributed by atoms with van der Waals surface area (Å²) in [5.74, 6) is -3.04. The zero-order valence-electron chi connectivity index (χ0n) is 9.51. The van der Waals surface area contributed by atoms with Gasteiger partial charge in [0.25, 0.3) is 0 Å². The highest BCUT2D eigenvalue weighted by molar-refractivity contribution is 5.84. The van der Waals surface area contributed by atoms with Crippen LogP contribution >= 0.6 is 0 Å². The number of nitrogens with zero attached hydrogens (tertiary/aromatic N) is 2. The van der Waals surface area contributed by atoms with Crippen molar-refractivity contribution in [2.75, 3.05) is 0 Å². The second-order valence-electron chi connectivity index (χ2n) is 3.60. The van der Waals surface area contributed by atoms with E-state index in [4.69, 9.17) is 9.52 Å². The maximum absolute atomic E-state index is 13.4. The van der Waals surface area contributed by atoms with Crippen LogP contribution in [0.2, 0.25) is 0 Å². The third-order valence-corrected chi connectivity index (χ3v) is 2.22. The lowest BCUT2D eigenvalue weighted by atomic mass is 10.1. The maximum atomic E-state index is 13.4. The van der Waals surface area contributed by atoms with Gasteiger partial charge in [0.1, 0.15) is 0 Å². The molecule has 0 spiro atoms. The Morgan fingerprint density at radius 2 is 2.16 bits per heavy atom. The van der Waals surface area contributed by atoms with Crippen LogP contribution in [-0.2, 0) is 11.2 Å². The van der Waals surface area contributed by atoms with Crippen molar-refractivity contribution >= 4 is 12.0 Å². The van der Waals surface area contributed by atoms with Gasteiger partial charge in [0.05, 0.1) is 6.42 Å². The molecule has 0 saturated carbocycles. The van der Waals surface area contributed by atoms with Gasteiger partial charge in [-0.15, -0.1) is 10.2 Å². The highest BCUT2D eigenvalue weighted by Crippen LogP contribution is 2.15. The van der Waals surface area contributed by atoms with Gasteiger partial charge >= 0.3 is 5.97 Å².